The van der Waals surface area contributed by atoms with Gasteiger partial charge in [-0.15, -0.1) is 0 Å². The highest BCUT2D eigenvalue weighted by Gasteiger charge is 2.32. The number of nitrogens with zero attached hydrogens (tertiary/aromatic N) is 4. The zero-order valence-electron chi connectivity index (χ0n) is 25.3. The predicted molar refractivity (Wildman–Crippen MR) is 174 cm³/mol. The molecule has 4 heterocycles. The molecule has 10 heteroatoms. The van der Waals surface area contributed by atoms with Crippen molar-refractivity contribution < 1.29 is 18.0 Å². The van der Waals surface area contributed by atoms with E-state index in [2.05, 4.69) is 36.0 Å². The number of nitrogens with one attached hydrogen (secondary N) is 1. The number of fused-ring (bicyclic) bond motifs is 1. The number of hydrogen-bond donors (Lipinski definition) is 1. The Kier molecular flexibility index (Phi) is 9.54. The van der Waals surface area contributed by atoms with Gasteiger partial charge < -0.3 is 10.2 Å². The Morgan fingerprint density at radius 2 is 1.73 bits per heavy atom. The van der Waals surface area contributed by atoms with Gasteiger partial charge in [0.1, 0.15) is 5.52 Å². The van der Waals surface area contributed by atoms with Crippen LogP contribution in [0.15, 0.2) is 71.3 Å². The normalized spacial score (nSPS) is 17.8. The minimum atomic E-state index is -4.51. The maximum atomic E-state index is 14.3. The van der Waals surface area contributed by atoms with Gasteiger partial charge in [-0.2, -0.15) is 13.2 Å². The maximum absolute atomic E-state index is 14.3. The van der Waals surface area contributed by atoms with Crippen LogP contribution in [0.2, 0.25) is 0 Å². The fourth-order valence-electron chi connectivity index (χ4n) is 6.68. The molecule has 2 saturated heterocycles. The van der Waals surface area contributed by atoms with Gasteiger partial charge in [0.15, 0.2) is 0 Å². The molecule has 0 unspecified atom stereocenters. The number of amides is 1. The van der Waals surface area contributed by atoms with E-state index in [1.807, 2.05) is 37.3 Å². The molecule has 1 amide bonds. The number of pyridine rings is 2. The van der Waals surface area contributed by atoms with E-state index in [0.29, 0.717) is 50.5 Å². The third kappa shape index (κ3) is 7.23. The topological polar surface area (TPSA) is 61.4 Å². The standard InChI is InChI=1S/C35H37BrF3N5O/c1-23(24-9-4-2-5-10-24)41-34(45)31-29(22-43-17-13-28(14-18-43)44-15-6-3-7-16-44)32(42-30-20-27(36)21-40-33(30)31)25-11-8-12-26(19-25)35(37,38)39/h2,4-5,8-12,19-21,23,28H,3,6-7,13-18,22H2,1H3,(H,41,45)/t23-/m0/s1. The van der Waals surface area contributed by atoms with Crippen molar-refractivity contribution in [2.24, 2.45) is 0 Å². The Morgan fingerprint density at radius 1 is 1.00 bits per heavy atom. The molecular weight excluding hydrogens is 643 g/mol. The molecule has 6 rings (SSSR count). The lowest BCUT2D eigenvalue weighted by atomic mass is 9.94. The molecule has 6 nitrogen and oxygen atoms in total. The van der Waals surface area contributed by atoms with Crippen LogP contribution < -0.4 is 5.32 Å². The Balaban J connectivity index is 1.43. The number of hydrogen-bond acceptors (Lipinski definition) is 5. The number of carbonyl (C=O) groups excluding carboxylic acids is 1. The van der Waals surface area contributed by atoms with E-state index in [4.69, 9.17) is 4.98 Å². The van der Waals surface area contributed by atoms with Crippen molar-refractivity contribution in [3.8, 4) is 11.3 Å². The molecule has 4 aromatic rings. The monoisotopic (exact) mass is 679 g/mol. The minimum absolute atomic E-state index is 0.303. The molecule has 1 atom stereocenters. The van der Waals surface area contributed by atoms with Crippen molar-refractivity contribution in [3.63, 3.8) is 0 Å². The van der Waals surface area contributed by atoms with Crippen molar-refractivity contribution >= 4 is 32.9 Å². The van der Waals surface area contributed by atoms with Crippen molar-refractivity contribution in [1.82, 2.24) is 25.1 Å². The van der Waals surface area contributed by atoms with E-state index in [1.54, 1.807) is 18.3 Å². The minimum Gasteiger partial charge on any atom is -0.345 e. The van der Waals surface area contributed by atoms with Crippen molar-refractivity contribution in [2.45, 2.75) is 63.8 Å². The third-order valence-electron chi connectivity index (χ3n) is 9.07. The molecule has 45 heavy (non-hydrogen) atoms. The van der Waals surface area contributed by atoms with Gasteiger partial charge in [-0.05, 0) is 98.5 Å². The predicted octanol–water partition coefficient (Wildman–Crippen LogP) is 8.02. The summed E-state index contributed by atoms with van der Waals surface area (Å²) in [6.07, 6.45) is 2.91. The first kappa shape index (κ1) is 31.6. The smallest absolute Gasteiger partial charge is 0.345 e. The molecule has 2 aliphatic heterocycles. The second-order valence-electron chi connectivity index (χ2n) is 12.1. The van der Waals surface area contributed by atoms with Gasteiger partial charge in [0.25, 0.3) is 5.91 Å². The summed E-state index contributed by atoms with van der Waals surface area (Å²) in [5, 5.41) is 3.14. The first-order valence-corrected chi connectivity index (χ1v) is 16.4. The van der Waals surface area contributed by atoms with E-state index in [-0.39, 0.29) is 11.9 Å². The summed E-state index contributed by atoms with van der Waals surface area (Å²) in [6.45, 7) is 6.24. The van der Waals surface area contributed by atoms with E-state index in [9.17, 15) is 18.0 Å². The summed E-state index contributed by atoms with van der Waals surface area (Å²) in [4.78, 5) is 28.7. The van der Waals surface area contributed by atoms with Gasteiger partial charge >= 0.3 is 6.18 Å². The van der Waals surface area contributed by atoms with Crippen molar-refractivity contribution in [3.05, 3.63) is 93.6 Å². The average molecular weight is 681 g/mol. The molecule has 0 radical (unpaired) electrons. The van der Waals surface area contributed by atoms with E-state index < -0.39 is 11.7 Å². The van der Waals surface area contributed by atoms with Crippen LogP contribution in [0, 0.1) is 0 Å². The highest BCUT2D eigenvalue weighted by atomic mass is 79.9. The number of alkyl halides is 3. The van der Waals surface area contributed by atoms with Crippen LogP contribution in [0.4, 0.5) is 13.2 Å². The number of halogens is 4. The molecule has 0 saturated carbocycles. The first-order chi connectivity index (χ1) is 21.7. The fourth-order valence-corrected chi connectivity index (χ4v) is 7.00. The quantitative estimate of drug-likeness (QED) is 0.214. The molecule has 0 bridgehead atoms. The molecular formula is C35H37BrF3N5O. The van der Waals surface area contributed by atoms with Gasteiger partial charge in [0, 0.05) is 34.4 Å². The number of aromatic nitrogens is 2. The molecule has 236 valence electrons. The second kappa shape index (κ2) is 13.6. The van der Waals surface area contributed by atoms with Gasteiger partial charge in [-0.1, -0.05) is 48.9 Å². The number of rotatable bonds is 7. The van der Waals surface area contributed by atoms with Crippen LogP contribution in [0.25, 0.3) is 22.3 Å². The van der Waals surface area contributed by atoms with E-state index in [0.717, 1.165) is 56.7 Å². The zero-order chi connectivity index (χ0) is 31.6. The third-order valence-corrected chi connectivity index (χ3v) is 9.51. The number of piperidine rings is 2. The maximum Gasteiger partial charge on any atom is 0.416 e. The van der Waals surface area contributed by atoms with Crippen LogP contribution in [0.1, 0.15) is 72.1 Å². The highest BCUT2D eigenvalue weighted by Crippen LogP contribution is 2.36. The number of likely N-dealkylation sites (tertiary alicyclic amines) is 2. The lowest BCUT2D eigenvalue weighted by Gasteiger charge is -2.40. The van der Waals surface area contributed by atoms with Crippen molar-refractivity contribution in [2.75, 3.05) is 26.2 Å². The summed E-state index contributed by atoms with van der Waals surface area (Å²) in [5.74, 6) is -0.333. The van der Waals surface area contributed by atoms with Gasteiger partial charge in [-0.25, -0.2) is 4.98 Å². The molecule has 0 aliphatic carbocycles. The molecule has 1 N–H and O–H groups in total. The van der Waals surface area contributed by atoms with Gasteiger partial charge in [0.05, 0.1) is 28.4 Å². The van der Waals surface area contributed by atoms with Crippen LogP contribution in [-0.2, 0) is 12.7 Å². The zero-order valence-corrected chi connectivity index (χ0v) is 26.9. The van der Waals surface area contributed by atoms with E-state index >= 15 is 0 Å². The number of benzene rings is 2. The highest BCUT2D eigenvalue weighted by molar-refractivity contribution is 9.10. The second-order valence-corrected chi connectivity index (χ2v) is 13.0. The lowest BCUT2D eigenvalue weighted by molar-refractivity contribution is -0.137. The molecule has 2 aliphatic rings. The van der Waals surface area contributed by atoms with Crippen LogP contribution in [0.5, 0.6) is 0 Å². The Hall–Kier alpha value is -3.34. The van der Waals surface area contributed by atoms with Crippen LogP contribution in [-0.4, -0.2) is 57.9 Å². The summed E-state index contributed by atoms with van der Waals surface area (Å²) in [5.41, 5.74) is 2.66. The summed E-state index contributed by atoms with van der Waals surface area (Å²) < 4.78 is 42.2. The molecule has 2 aromatic heterocycles. The van der Waals surface area contributed by atoms with Crippen LogP contribution >= 0.6 is 15.9 Å². The molecule has 0 spiro atoms. The Morgan fingerprint density at radius 3 is 2.44 bits per heavy atom. The Bertz CT molecular complexity index is 1650. The summed E-state index contributed by atoms with van der Waals surface area (Å²) >= 11 is 3.46. The fraction of sp³-hybridized carbons (Fsp3) is 0.400. The molecule has 2 fully saturated rings. The molecule has 2 aromatic carbocycles. The van der Waals surface area contributed by atoms with Crippen LogP contribution in [0.3, 0.4) is 0 Å². The first-order valence-electron chi connectivity index (χ1n) is 15.7. The summed E-state index contributed by atoms with van der Waals surface area (Å²) in [7, 11) is 0. The van der Waals surface area contributed by atoms with Gasteiger partial charge in [0.2, 0.25) is 0 Å². The Labute approximate surface area is 270 Å². The van der Waals surface area contributed by atoms with E-state index in [1.165, 1.54) is 25.3 Å². The average Bonchev–Trinajstić information content (AvgIpc) is 3.05. The van der Waals surface area contributed by atoms with Crippen molar-refractivity contribution in [1.29, 1.82) is 0 Å². The number of carbonyl (C=O) groups is 1. The SMILES string of the molecule is C[C@H](NC(=O)c1c(CN2CCC(N3CCCCC3)CC2)c(-c2cccc(C(F)(F)F)c2)nc2cc(Br)cnc12)c1ccccc1. The largest absolute Gasteiger partial charge is 0.416 e. The summed E-state index contributed by atoms with van der Waals surface area (Å²) in [6, 6.07) is 16.9. The van der Waals surface area contributed by atoms with Gasteiger partial charge in [-0.3, -0.25) is 14.7 Å². The lowest BCUT2D eigenvalue weighted by Crippen LogP contribution is -2.46.